The van der Waals surface area contributed by atoms with Crippen LogP contribution in [0.2, 0.25) is 0 Å². The summed E-state index contributed by atoms with van der Waals surface area (Å²) in [6, 6.07) is 8.79. The third kappa shape index (κ3) is 4.30. The topological polar surface area (TPSA) is 85.9 Å². The van der Waals surface area contributed by atoms with Gasteiger partial charge in [-0.05, 0) is 43.2 Å². The second-order valence-corrected chi connectivity index (χ2v) is 8.52. The third-order valence-corrected chi connectivity index (χ3v) is 6.12. The Bertz CT molecular complexity index is 1170. The Hall–Kier alpha value is -2.87. The number of rotatable bonds is 5. The van der Waals surface area contributed by atoms with Crippen LogP contribution in [0, 0.1) is 0 Å². The van der Waals surface area contributed by atoms with Gasteiger partial charge in [0, 0.05) is 16.0 Å². The summed E-state index contributed by atoms with van der Waals surface area (Å²) in [5.74, 6) is 1.32. The van der Waals surface area contributed by atoms with Crippen molar-refractivity contribution in [2.75, 3.05) is 14.2 Å². The van der Waals surface area contributed by atoms with Gasteiger partial charge in [0.1, 0.15) is 5.82 Å². The maximum atomic E-state index is 13.4. The van der Waals surface area contributed by atoms with Gasteiger partial charge in [-0.2, -0.15) is 9.78 Å². The molecule has 3 aromatic rings. The van der Waals surface area contributed by atoms with Gasteiger partial charge in [-0.25, -0.2) is 4.98 Å². The second kappa shape index (κ2) is 9.09. The summed E-state index contributed by atoms with van der Waals surface area (Å²) in [6.45, 7) is 0. The summed E-state index contributed by atoms with van der Waals surface area (Å²) in [5, 5.41) is 15.2. The van der Waals surface area contributed by atoms with Crippen molar-refractivity contribution >= 4 is 33.0 Å². The van der Waals surface area contributed by atoms with Gasteiger partial charge >= 0.3 is 0 Å². The molecule has 2 aromatic carbocycles. The average Bonchev–Trinajstić information content (AvgIpc) is 2.80. The van der Waals surface area contributed by atoms with Gasteiger partial charge in [-0.3, -0.25) is 4.79 Å². The first kappa shape index (κ1) is 21.4. The van der Waals surface area contributed by atoms with E-state index in [4.69, 9.17) is 14.5 Å². The molecule has 0 bridgehead atoms. The number of hydrogen-bond donors (Lipinski definition) is 1. The largest absolute Gasteiger partial charge is 0.502 e. The molecule has 31 heavy (non-hydrogen) atoms. The number of nitrogens with zero attached hydrogens (tertiary/aromatic N) is 3. The number of phenolic OH excluding ortho intramolecular Hbond substituents is 1. The van der Waals surface area contributed by atoms with Crippen LogP contribution in [-0.4, -0.2) is 35.2 Å². The van der Waals surface area contributed by atoms with Crippen molar-refractivity contribution in [2.45, 2.75) is 38.0 Å². The van der Waals surface area contributed by atoms with Crippen LogP contribution in [0.5, 0.6) is 17.2 Å². The van der Waals surface area contributed by atoms with Crippen molar-refractivity contribution in [3.8, 4) is 17.2 Å². The monoisotopic (exact) mass is 485 g/mol. The molecule has 8 heteroatoms. The summed E-state index contributed by atoms with van der Waals surface area (Å²) in [6.07, 6.45) is 6.99. The molecule has 0 aliphatic heterocycles. The van der Waals surface area contributed by atoms with Crippen LogP contribution in [0.3, 0.4) is 0 Å². The second-order valence-electron chi connectivity index (χ2n) is 7.60. The lowest BCUT2D eigenvalue weighted by Gasteiger charge is -2.22. The smallest absolute Gasteiger partial charge is 0.282 e. The maximum absolute atomic E-state index is 13.4. The van der Waals surface area contributed by atoms with Crippen LogP contribution in [-0.2, 0) is 0 Å². The summed E-state index contributed by atoms with van der Waals surface area (Å²) < 4.78 is 12.7. The van der Waals surface area contributed by atoms with Gasteiger partial charge in [0.25, 0.3) is 5.56 Å². The fraction of sp³-hybridized carbons (Fsp3) is 0.348. The zero-order chi connectivity index (χ0) is 22.0. The predicted octanol–water partition coefficient (Wildman–Crippen LogP) is 4.81. The number of aromatic nitrogens is 2. The number of hydrogen-bond acceptors (Lipinski definition) is 6. The Kier molecular flexibility index (Phi) is 6.27. The molecule has 4 rings (SSSR count). The molecule has 7 nitrogen and oxygen atoms in total. The number of ether oxygens (including phenoxy) is 2. The molecule has 1 heterocycles. The highest BCUT2D eigenvalue weighted by molar-refractivity contribution is 9.10. The van der Waals surface area contributed by atoms with Crippen LogP contribution >= 0.6 is 15.9 Å². The molecule has 1 aromatic heterocycles. The fourth-order valence-corrected chi connectivity index (χ4v) is 4.38. The van der Waals surface area contributed by atoms with Crippen LogP contribution in [0.4, 0.5) is 0 Å². The van der Waals surface area contributed by atoms with Crippen LogP contribution in [0.1, 0.15) is 49.4 Å². The van der Waals surface area contributed by atoms with Crippen LogP contribution in [0.15, 0.2) is 44.7 Å². The average molecular weight is 486 g/mol. The first-order chi connectivity index (χ1) is 15.0. The van der Waals surface area contributed by atoms with Crippen molar-refractivity contribution in [2.24, 2.45) is 5.10 Å². The minimum absolute atomic E-state index is 0.0839. The lowest BCUT2D eigenvalue weighted by Crippen LogP contribution is -2.25. The molecule has 0 radical (unpaired) electrons. The van der Waals surface area contributed by atoms with Gasteiger partial charge in [0.2, 0.25) is 5.75 Å². The van der Waals surface area contributed by atoms with E-state index >= 15 is 0 Å². The fourth-order valence-electron chi connectivity index (χ4n) is 4.02. The normalized spacial score (nSPS) is 14.9. The molecule has 0 atom stereocenters. The van der Waals surface area contributed by atoms with Crippen molar-refractivity contribution < 1.29 is 14.6 Å². The van der Waals surface area contributed by atoms with Crippen molar-refractivity contribution in [3.05, 3.63) is 56.5 Å². The maximum Gasteiger partial charge on any atom is 0.282 e. The number of methoxy groups -OCH3 is 2. The zero-order valence-corrected chi connectivity index (χ0v) is 19.1. The standard InChI is InChI=1S/C23H24BrN3O4/c1-30-19-10-14(11-20(31-2)21(19)28)13-25-27-22(15-6-4-3-5-7-15)26-18-9-8-16(24)12-17(18)23(27)29/h8-13,15,28H,3-7H2,1-2H3. The van der Waals surface area contributed by atoms with E-state index in [2.05, 4.69) is 21.0 Å². The Morgan fingerprint density at radius 2 is 1.81 bits per heavy atom. The Balaban J connectivity index is 1.85. The van der Waals surface area contributed by atoms with E-state index in [1.807, 2.05) is 12.1 Å². The molecular weight excluding hydrogens is 462 g/mol. The van der Waals surface area contributed by atoms with Gasteiger partial charge in [0.15, 0.2) is 11.5 Å². The van der Waals surface area contributed by atoms with E-state index in [1.165, 1.54) is 25.3 Å². The van der Waals surface area contributed by atoms with E-state index in [1.54, 1.807) is 24.4 Å². The molecule has 1 aliphatic rings. The van der Waals surface area contributed by atoms with Gasteiger partial charge in [-0.1, -0.05) is 35.2 Å². The zero-order valence-electron chi connectivity index (χ0n) is 17.5. The van der Waals surface area contributed by atoms with E-state index in [0.717, 1.165) is 30.2 Å². The lowest BCUT2D eigenvalue weighted by molar-refractivity contribution is 0.340. The highest BCUT2D eigenvalue weighted by atomic mass is 79.9. The molecular formula is C23H24BrN3O4. The molecule has 0 unspecified atom stereocenters. The number of aromatic hydroxyl groups is 1. The number of benzene rings is 2. The first-order valence-corrected chi connectivity index (χ1v) is 11.0. The molecule has 162 valence electrons. The minimum atomic E-state index is -0.208. The molecule has 1 N–H and O–H groups in total. The van der Waals surface area contributed by atoms with Crippen molar-refractivity contribution in [1.29, 1.82) is 0 Å². The van der Waals surface area contributed by atoms with Crippen molar-refractivity contribution in [1.82, 2.24) is 9.66 Å². The Labute approximate surface area is 188 Å². The molecule has 0 amide bonds. The quantitative estimate of drug-likeness (QED) is 0.523. The molecule has 1 fully saturated rings. The molecule has 0 saturated heterocycles. The first-order valence-electron chi connectivity index (χ1n) is 10.2. The van der Waals surface area contributed by atoms with E-state index in [-0.39, 0.29) is 28.7 Å². The highest BCUT2D eigenvalue weighted by Crippen LogP contribution is 2.37. The molecule has 1 aliphatic carbocycles. The Morgan fingerprint density at radius 3 is 2.45 bits per heavy atom. The van der Waals surface area contributed by atoms with E-state index in [0.29, 0.717) is 22.3 Å². The van der Waals surface area contributed by atoms with Gasteiger partial charge in [0.05, 0.1) is 31.3 Å². The molecule has 0 spiro atoms. The number of fused-ring (bicyclic) bond motifs is 1. The van der Waals surface area contributed by atoms with E-state index < -0.39 is 0 Å². The van der Waals surface area contributed by atoms with Crippen LogP contribution < -0.4 is 15.0 Å². The summed E-state index contributed by atoms with van der Waals surface area (Å²) in [7, 11) is 2.93. The lowest BCUT2D eigenvalue weighted by atomic mass is 9.88. The summed E-state index contributed by atoms with van der Waals surface area (Å²) in [4.78, 5) is 18.2. The van der Waals surface area contributed by atoms with Crippen molar-refractivity contribution in [3.63, 3.8) is 0 Å². The third-order valence-electron chi connectivity index (χ3n) is 5.63. The highest BCUT2D eigenvalue weighted by Gasteiger charge is 2.22. The summed E-state index contributed by atoms with van der Waals surface area (Å²) >= 11 is 3.43. The predicted molar refractivity (Wildman–Crippen MR) is 124 cm³/mol. The minimum Gasteiger partial charge on any atom is -0.502 e. The van der Waals surface area contributed by atoms with Gasteiger partial charge in [-0.15, -0.1) is 0 Å². The molecule has 1 saturated carbocycles. The van der Waals surface area contributed by atoms with Crippen LogP contribution in [0.25, 0.3) is 10.9 Å². The van der Waals surface area contributed by atoms with Gasteiger partial charge < -0.3 is 14.6 Å². The number of phenols is 1. The Morgan fingerprint density at radius 1 is 1.13 bits per heavy atom. The summed E-state index contributed by atoms with van der Waals surface area (Å²) in [5.41, 5.74) is 1.09. The SMILES string of the molecule is COc1cc(C=Nn2c(C3CCCCC3)nc3ccc(Br)cc3c2=O)cc(OC)c1O. The van der Waals surface area contributed by atoms with E-state index in [9.17, 15) is 9.90 Å². The number of halogens is 1.